The highest BCUT2D eigenvalue weighted by atomic mass is 32.2. The molecular weight excluding hydrogens is 186 g/mol. The molecule has 0 aromatic carbocycles. The first-order valence-electron chi connectivity index (χ1n) is 4.46. The first-order valence-corrected chi connectivity index (χ1v) is 5.34. The van der Waals surface area contributed by atoms with E-state index < -0.39 is 0 Å². The Labute approximate surface area is 82.6 Å². The highest BCUT2D eigenvalue weighted by Crippen LogP contribution is 2.34. The molecule has 1 heterocycles. The zero-order valence-electron chi connectivity index (χ0n) is 8.22. The van der Waals surface area contributed by atoms with Crippen molar-refractivity contribution in [2.24, 2.45) is 0 Å². The maximum Gasteiger partial charge on any atom is 0.240 e. The van der Waals surface area contributed by atoms with Gasteiger partial charge in [0.2, 0.25) is 11.8 Å². The van der Waals surface area contributed by atoms with Gasteiger partial charge in [0.05, 0.1) is 5.25 Å². The molecule has 1 aliphatic heterocycles. The number of amides is 2. The monoisotopic (exact) mass is 201 g/mol. The van der Waals surface area contributed by atoms with Crippen LogP contribution in [0, 0.1) is 0 Å². The Morgan fingerprint density at radius 3 is 2.54 bits per heavy atom. The molecule has 1 aliphatic rings. The van der Waals surface area contributed by atoms with E-state index in [9.17, 15) is 9.59 Å². The minimum absolute atomic E-state index is 0.0760. The van der Waals surface area contributed by atoms with E-state index in [1.807, 2.05) is 0 Å². The van der Waals surface area contributed by atoms with Crippen LogP contribution in [0.5, 0.6) is 0 Å². The summed E-state index contributed by atoms with van der Waals surface area (Å²) in [4.78, 5) is 22.1. The molecule has 3 nitrogen and oxygen atoms in total. The molecule has 0 spiro atoms. The SMILES string of the molecule is CCC(C)(C)SC1CC(=O)NC1=O. The third-order valence-corrected chi connectivity index (χ3v) is 3.83. The molecule has 13 heavy (non-hydrogen) atoms. The van der Waals surface area contributed by atoms with Gasteiger partial charge in [0.1, 0.15) is 0 Å². The lowest BCUT2D eigenvalue weighted by atomic mass is 10.1. The minimum atomic E-state index is -0.178. The quantitative estimate of drug-likeness (QED) is 0.701. The van der Waals surface area contributed by atoms with Crippen LogP contribution in [0.4, 0.5) is 0 Å². The topological polar surface area (TPSA) is 46.2 Å². The lowest BCUT2D eigenvalue weighted by molar-refractivity contribution is -0.124. The average molecular weight is 201 g/mol. The Morgan fingerprint density at radius 2 is 2.15 bits per heavy atom. The van der Waals surface area contributed by atoms with E-state index in [0.29, 0.717) is 6.42 Å². The molecule has 0 radical (unpaired) electrons. The fourth-order valence-corrected chi connectivity index (χ4v) is 2.43. The van der Waals surface area contributed by atoms with Gasteiger partial charge in [0.25, 0.3) is 0 Å². The van der Waals surface area contributed by atoms with Crippen molar-refractivity contribution < 1.29 is 9.59 Å². The van der Waals surface area contributed by atoms with E-state index in [4.69, 9.17) is 0 Å². The number of thioether (sulfide) groups is 1. The first-order chi connectivity index (χ1) is 5.94. The van der Waals surface area contributed by atoms with Crippen LogP contribution in [0.1, 0.15) is 33.6 Å². The van der Waals surface area contributed by atoms with Gasteiger partial charge in [0, 0.05) is 11.2 Å². The zero-order chi connectivity index (χ0) is 10.1. The van der Waals surface area contributed by atoms with Crippen molar-refractivity contribution >= 4 is 23.6 Å². The van der Waals surface area contributed by atoms with Crippen LogP contribution >= 0.6 is 11.8 Å². The van der Waals surface area contributed by atoms with E-state index in [1.54, 1.807) is 11.8 Å². The number of hydrogen-bond donors (Lipinski definition) is 1. The van der Waals surface area contributed by atoms with Gasteiger partial charge in [-0.2, -0.15) is 0 Å². The molecule has 4 heteroatoms. The standard InChI is InChI=1S/C9H15NO2S/c1-4-9(2,3)13-6-5-7(11)10-8(6)12/h6H,4-5H2,1-3H3,(H,10,11,12). The van der Waals surface area contributed by atoms with Crippen molar-refractivity contribution in [1.29, 1.82) is 0 Å². The number of carbonyl (C=O) groups excluding carboxylic acids is 2. The summed E-state index contributed by atoms with van der Waals surface area (Å²) in [5.41, 5.74) is 0. The zero-order valence-corrected chi connectivity index (χ0v) is 9.03. The van der Waals surface area contributed by atoms with E-state index in [1.165, 1.54) is 0 Å². The molecular formula is C9H15NO2S. The number of carbonyl (C=O) groups is 2. The van der Waals surface area contributed by atoms with Crippen LogP contribution < -0.4 is 5.32 Å². The van der Waals surface area contributed by atoms with Gasteiger partial charge in [-0.25, -0.2) is 0 Å². The predicted molar refractivity (Wildman–Crippen MR) is 53.5 cm³/mol. The molecule has 74 valence electrons. The molecule has 1 rings (SSSR count). The van der Waals surface area contributed by atoms with Gasteiger partial charge < -0.3 is 0 Å². The van der Waals surface area contributed by atoms with E-state index in [-0.39, 0.29) is 21.8 Å². The van der Waals surface area contributed by atoms with Crippen molar-refractivity contribution in [3.05, 3.63) is 0 Å². The molecule has 1 fully saturated rings. The van der Waals surface area contributed by atoms with Crippen LogP contribution in [0.2, 0.25) is 0 Å². The Balaban J connectivity index is 2.55. The molecule has 1 saturated heterocycles. The maximum atomic E-state index is 11.2. The van der Waals surface area contributed by atoms with E-state index in [0.717, 1.165) is 6.42 Å². The molecule has 0 aromatic heterocycles. The maximum absolute atomic E-state index is 11.2. The number of nitrogens with one attached hydrogen (secondary N) is 1. The van der Waals surface area contributed by atoms with Crippen molar-refractivity contribution in [2.45, 2.75) is 43.6 Å². The summed E-state index contributed by atoms with van der Waals surface area (Å²) in [5, 5.41) is 2.14. The van der Waals surface area contributed by atoms with Crippen molar-refractivity contribution in [2.75, 3.05) is 0 Å². The second kappa shape index (κ2) is 3.70. The molecule has 1 unspecified atom stereocenters. The van der Waals surface area contributed by atoms with Crippen LogP contribution in [-0.2, 0) is 9.59 Å². The highest BCUT2D eigenvalue weighted by molar-refractivity contribution is 8.02. The molecule has 1 atom stereocenters. The van der Waals surface area contributed by atoms with E-state index in [2.05, 4.69) is 26.1 Å². The Bertz CT molecular complexity index is 238. The summed E-state index contributed by atoms with van der Waals surface area (Å²) in [7, 11) is 0. The first kappa shape index (κ1) is 10.6. The number of hydrogen-bond acceptors (Lipinski definition) is 3. The molecule has 0 bridgehead atoms. The number of imide groups is 1. The van der Waals surface area contributed by atoms with Gasteiger partial charge in [0.15, 0.2) is 0 Å². The third-order valence-electron chi connectivity index (χ3n) is 2.24. The summed E-state index contributed by atoms with van der Waals surface area (Å²) >= 11 is 1.59. The van der Waals surface area contributed by atoms with Crippen molar-refractivity contribution in [3.63, 3.8) is 0 Å². The van der Waals surface area contributed by atoms with Crippen LogP contribution in [-0.4, -0.2) is 21.8 Å². The molecule has 2 amide bonds. The summed E-state index contributed by atoms with van der Waals surface area (Å²) in [6.07, 6.45) is 1.34. The minimum Gasteiger partial charge on any atom is -0.295 e. The highest BCUT2D eigenvalue weighted by Gasteiger charge is 2.34. The predicted octanol–water partition coefficient (Wildman–Crippen LogP) is 1.32. The largest absolute Gasteiger partial charge is 0.295 e. The van der Waals surface area contributed by atoms with Gasteiger partial charge in [-0.05, 0) is 6.42 Å². The second-order valence-electron chi connectivity index (χ2n) is 3.84. The molecule has 0 saturated carbocycles. The van der Waals surface area contributed by atoms with Gasteiger partial charge in [-0.1, -0.05) is 20.8 Å². The Kier molecular flexibility index (Phi) is 3.01. The van der Waals surface area contributed by atoms with Crippen LogP contribution in [0.25, 0.3) is 0 Å². The summed E-state index contributed by atoms with van der Waals surface area (Å²) in [6.45, 7) is 6.27. The summed E-state index contributed by atoms with van der Waals surface area (Å²) < 4.78 is 0.0760. The molecule has 1 N–H and O–H groups in total. The fourth-order valence-electron chi connectivity index (χ4n) is 1.09. The molecule has 0 aliphatic carbocycles. The Hall–Kier alpha value is -0.510. The van der Waals surface area contributed by atoms with Gasteiger partial charge >= 0.3 is 0 Å². The average Bonchev–Trinajstić information content (AvgIpc) is 2.30. The van der Waals surface area contributed by atoms with E-state index >= 15 is 0 Å². The lowest BCUT2D eigenvalue weighted by Gasteiger charge is -2.24. The Morgan fingerprint density at radius 1 is 1.54 bits per heavy atom. The van der Waals surface area contributed by atoms with Gasteiger partial charge in [-0.3, -0.25) is 14.9 Å². The summed E-state index contributed by atoms with van der Waals surface area (Å²) in [6, 6.07) is 0. The fraction of sp³-hybridized carbons (Fsp3) is 0.778. The second-order valence-corrected chi connectivity index (χ2v) is 5.75. The van der Waals surface area contributed by atoms with Crippen molar-refractivity contribution in [1.82, 2.24) is 5.32 Å². The third kappa shape index (κ3) is 2.72. The number of rotatable bonds is 3. The molecule has 0 aromatic rings. The summed E-state index contributed by atoms with van der Waals surface area (Å²) in [5.74, 6) is -0.272. The van der Waals surface area contributed by atoms with Crippen molar-refractivity contribution in [3.8, 4) is 0 Å². The van der Waals surface area contributed by atoms with Crippen LogP contribution in [0.3, 0.4) is 0 Å². The van der Waals surface area contributed by atoms with Gasteiger partial charge in [-0.15, -0.1) is 11.8 Å². The van der Waals surface area contributed by atoms with Crippen LogP contribution in [0.15, 0.2) is 0 Å². The normalized spacial score (nSPS) is 23.5. The smallest absolute Gasteiger partial charge is 0.240 e. The lowest BCUT2D eigenvalue weighted by Crippen LogP contribution is -2.26.